The summed E-state index contributed by atoms with van der Waals surface area (Å²) in [5, 5.41) is 0. The fraction of sp³-hybridized carbons (Fsp3) is 0. The Kier molecular flexibility index (Phi) is 134. The molecule has 20 valence electrons. The molecule has 0 saturated carbocycles. The molecule has 0 N–H and O–H groups in total. The van der Waals surface area contributed by atoms with E-state index in [9.17, 15) is 0 Å². The minimum Gasteiger partial charge on any atom is -1.00 e. The van der Waals surface area contributed by atoms with Crippen LogP contribution in [0.4, 0.5) is 0 Å². The Morgan fingerprint density at radius 3 is 1.00 bits per heavy atom. The fourth-order valence-corrected chi connectivity index (χ4v) is 0. The molecule has 4 heteroatoms. The van der Waals surface area contributed by atoms with E-state index in [1.54, 1.807) is 0 Å². The summed E-state index contributed by atoms with van der Waals surface area (Å²) in [6, 6.07) is 0. The van der Waals surface area contributed by atoms with Crippen molar-refractivity contribution in [1.82, 2.24) is 0 Å². The molecule has 0 bridgehead atoms. The van der Waals surface area contributed by atoms with Crippen LogP contribution in [0.5, 0.6) is 0 Å². The molecule has 0 aromatic carbocycles. The second-order valence-corrected chi connectivity index (χ2v) is 0. The Morgan fingerprint density at radius 1 is 1.00 bits per heavy atom. The van der Waals surface area contributed by atoms with Gasteiger partial charge in [0, 0.05) is 0 Å². The standard InChI is InChI=1S/Ca.2FH.Sr.2H/h;2*1H;;;/q+2;;;+2;2*-1/p-2. The summed E-state index contributed by atoms with van der Waals surface area (Å²) in [4.78, 5) is 0. The van der Waals surface area contributed by atoms with Crippen LogP contribution in [0.3, 0.4) is 0 Å². The zero-order valence-electron chi connectivity index (χ0n) is 4.17. The molecule has 0 aliphatic carbocycles. The molecule has 0 nitrogen and oxygen atoms in total. The SMILES string of the molecule is [Ca+2].[F-].[F-].[H-].[H-].[Sr+2]. The van der Waals surface area contributed by atoms with Gasteiger partial charge in [-0.25, -0.2) is 0 Å². The van der Waals surface area contributed by atoms with Crippen molar-refractivity contribution in [3.05, 3.63) is 0 Å². The van der Waals surface area contributed by atoms with Crippen molar-refractivity contribution < 1.29 is 12.3 Å². The zero-order valence-corrected chi connectivity index (χ0v) is 7.85. The van der Waals surface area contributed by atoms with Crippen LogP contribution in [-0.2, 0) is 0 Å². The Morgan fingerprint density at radius 2 is 1.00 bits per heavy atom. The summed E-state index contributed by atoms with van der Waals surface area (Å²) in [7, 11) is 0. The van der Waals surface area contributed by atoms with Gasteiger partial charge in [-0.15, -0.1) is 0 Å². The van der Waals surface area contributed by atoms with Gasteiger partial charge in [0.15, 0.2) is 0 Å². The summed E-state index contributed by atoms with van der Waals surface area (Å²) in [6.07, 6.45) is 0. The molecule has 0 aliphatic heterocycles. The molecule has 0 rings (SSSR count). The van der Waals surface area contributed by atoms with Gasteiger partial charge >= 0.3 is 83.2 Å². The predicted octanol–water partition coefficient (Wildman–Crippen LogP) is -6.53. The van der Waals surface area contributed by atoms with E-state index in [1.807, 2.05) is 0 Å². The third-order valence-electron chi connectivity index (χ3n) is 0. The van der Waals surface area contributed by atoms with Crippen LogP contribution in [0.25, 0.3) is 0 Å². The van der Waals surface area contributed by atoms with Crippen LogP contribution in [-0.4, -0.2) is 83.2 Å². The van der Waals surface area contributed by atoms with Crippen LogP contribution >= 0.6 is 0 Å². The first kappa shape index (κ1) is 30.6. The molecule has 0 spiro atoms. The van der Waals surface area contributed by atoms with Crippen LogP contribution in [0.2, 0.25) is 0 Å². The van der Waals surface area contributed by atoms with Gasteiger partial charge in [0.1, 0.15) is 0 Å². The summed E-state index contributed by atoms with van der Waals surface area (Å²) >= 11 is 0. The normalized spacial score (nSPS) is 0. The Labute approximate surface area is 93.3 Å². The molecular weight excluding hydrogens is 166 g/mol. The molecule has 0 unspecified atom stereocenters. The maximum absolute atomic E-state index is 0. The quantitative estimate of drug-likeness (QED) is 0.315. The van der Waals surface area contributed by atoms with Crippen molar-refractivity contribution >= 4 is 83.2 Å². The molecule has 4 heavy (non-hydrogen) atoms. The van der Waals surface area contributed by atoms with E-state index in [1.165, 1.54) is 0 Å². The van der Waals surface area contributed by atoms with E-state index in [-0.39, 0.29) is 95.5 Å². The summed E-state index contributed by atoms with van der Waals surface area (Å²) in [5.41, 5.74) is 0. The largest absolute Gasteiger partial charge is 2.00 e. The molecule has 0 heterocycles. The minimum atomic E-state index is 0. The Bertz CT molecular complexity index is 11.5. The molecule has 0 radical (unpaired) electrons. The van der Waals surface area contributed by atoms with Gasteiger partial charge in [-0.05, 0) is 0 Å². The molecule has 0 aromatic rings. The van der Waals surface area contributed by atoms with Crippen molar-refractivity contribution in [3.8, 4) is 0 Å². The molecular formula is H2CaF2Sr. The summed E-state index contributed by atoms with van der Waals surface area (Å²) in [6.45, 7) is 0. The predicted molar refractivity (Wildman–Crippen MR) is 13.7 cm³/mol. The van der Waals surface area contributed by atoms with Gasteiger partial charge in [-0.1, -0.05) is 0 Å². The van der Waals surface area contributed by atoms with Gasteiger partial charge < -0.3 is 12.3 Å². The van der Waals surface area contributed by atoms with Crippen molar-refractivity contribution in [2.24, 2.45) is 0 Å². The van der Waals surface area contributed by atoms with Crippen molar-refractivity contribution in [2.45, 2.75) is 0 Å². The van der Waals surface area contributed by atoms with Crippen molar-refractivity contribution in [1.29, 1.82) is 0 Å². The fourth-order valence-electron chi connectivity index (χ4n) is 0. The second-order valence-electron chi connectivity index (χ2n) is 0. The Hall–Kier alpha value is 2.60. The van der Waals surface area contributed by atoms with E-state index in [0.717, 1.165) is 0 Å². The molecule has 0 aliphatic rings. The van der Waals surface area contributed by atoms with E-state index < -0.39 is 0 Å². The van der Waals surface area contributed by atoms with E-state index >= 15 is 0 Å². The molecule has 0 atom stereocenters. The monoisotopic (exact) mass is 168 g/mol. The first-order valence-electron chi connectivity index (χ1n) is 0. The third kappa shape index (κ3) is 8.82. The topological polar surface area (TPSA) is 0 Å². The summed E-state index contributed by atoms with van der Waals surface area (Å²) in [5.74, 6) is 0. The van der Waals surface area contributed by atoms with Gasteiger partial charge in [0.2, 0.25) is 0 Å². The van der Waals surface area contributed by atoms with Crippen LogP contribution in [0.15, 0.2) is 0 Å². The van der Waals surface area contributed by atoms with Crippen molar-refractivity contribution in [3.63, 3.8) is 0 Å². The molecule has 0 amide bonds. The average Bonchev–Trinajstić information content (AvgIpc) is 0. The summed E-state index contributed by atoms with van der Waals surface area (Å²) < 4.78 is 0. The Balaban J connectivity index is 0. The third-order valence-corrected chi connectivity index (χ3v) is 0. The zero-order chi connectivity index (χ0) is 0. The smallest absolute Gasteiger partial charge is 1.00 e. The van der Waals surface area contributed by atoms with E-state index in [0.29, 0.717) is 0 Å². The minimum absolute atomic E-state index is 0. The van der Waals surface area contributed by atoms with E-state index in [2.05, 4.69) is 0 Å². The van der Waals surface area contributed by atoms with Crippen LogP contribution in [0.1, 0.15) is 2.85 Å². The van der Waals surface area contributed by atoms with Gasteiger partial charge in [-0.3, -0.25) is 0 Å². The van der Waals surface area contributed by atoms with Crippen LogP contribution in [0, 0.1) is 0 Å². The van der Waals surface area contributed by atoms with Crippen LogP contribution < -0.4 is 9.41 Å². The van der Waals surface area contributed by atoms with Crippen molar-refractivity contribution in [2.75, 3.05) is 0 Å². The maximum atomic E-state index is 0. The number of hydrogen-bond donors (Lipinski definition) is 0. The molecule has 0 aromatic heterocycles. The average molecular weight is 168 g/mol. The first-order chi connectivity index (χ1) is 0. The second kappa shape index (κ2) is 17.5. The number of hydrogen-bond acceptors (Lipinski definition) is 0. The van der Waals surface area contributed by atoms with E-state index in [4.69, 9.17) is 0 Å². The molecule has 0 saturated heterocycles. The number of halogens is 2. The maximum Gasteiger partial charge on any atom is 2.00 e. The van der Waals surface area contributed by atoms with Gasteiger partial charge in [-0.2, -0.15) is 0 Å². The van der Waals surface area contributed by atoms with Gasteiger partial charge in [0.25, 0.3) is 0 Å². The first-order valence-corrected chi connectivity index (χ1v) is 0. The molecule has 0 fully saturated rings. The number of rotatable bonds is 0. The van der Waals surface area contributed by atoms with Gasteiger partial charge in [0.05, 0.1) is 0 Å².